The van der Waals surface area contributed by atoms with Crippen LogP contribution in [0.5, 0.6) is 0 Å². The van der Waals surface area contributed by atoms with Gasteiger partial charge in [0.25, 0.3) is 0 Å². The highest BCUT2D eigenvalue weighted by atomic mass is 16.4. The molecular weight excluding hydrogens is 250 g/mol. The molecule has 1 N–H and O–H groups in total. The summed E-state index contributed by atoms with van der Waals surface area (Å²) in [6.45, 7) is 5.16. The molecule has 0 saturated carbocycles. The summed E-state index contributed by atoms with van der Waals surface area (Å²) in [5, 5.41) is 8.83. The predicted molar refractivity (Wildman–Crippen MR) is 80.7 cm³/mol. The second-order valence-electron chi connectivity index (χ2n) is 5.88. The molecule has 20 heavy (non-hydrogen) atoms. The van der Waals surface area contributed by atoms with Crippen LogP contribution in [0.1, 0.15) is 43.7 Å². The lowest BCUT2D eigenvalue weighted by Crippen LogP contribution is -2.31. The van der Waals surface area contributed by atoms with Crippen molar-refractivity contribution in [3.63, 3.8) is 0 Å². The molecule has 3 heteroatoms. The minimum Gasteiger partial charge on any atom is -0.481 e. The van der Waals surface area contributed by atoms with E-state index in [2.05, 4.69) is 29.2 Å². The van der Waals surface area contributed by atoms with Gasteiger partial charge < -0.3 is 5.11 Å². The molecule has 0 radical (unpaired) electrons. The number of benzene rings is 1. The Labute approximate surface area is 121 Å². The van der Waals surface area contributed by atoms with Gasteiger partial charge in [-0.15, -0.1) is 0 Å². The van der Waals surface area contributed by atoms with Crippen LogP contribution in [0.4, 0.5) is 0 Å². The number of carboxylic acid groups (broad SMARTS) is 1. The van der Waals surface area contributed by atoms with Gasteiger partial charge >= 0.3 is 5.97 Å². The number of rotatable bonds is 7. The summed E-state index contributed by atoms with van der Waals surface area (Å²) >= 11 is 0. The SMILES string of the molecule is CC(CCCCCN1CCc2ccccc2C1)C(=O)O. The Hall–Kier alpha value is -1.35. The number of hydrogen-bond donors (Lipinski definition) is 1. The third kappa shape index (κ3) is 4.34. The van der Waals surface area contributed by atoms with Crippen LogP contribution in [0, 0.1) is 5.92 Å². The molecule has 110 valence electrons. The van der Waals surface area contributed by atoms with Crippen molar-refractivity contribution in [2.45, 2.75) is 45.6 Å². The van der Waals surface area contributed by atoms with E-state index in [0.717, 1.165) is 45.3 Å². The van der Waals surface area contributed by atoms with Crippen molar-refractivity contribution in [2.24, 2.45) is 5.92 Å². The van der Waals surface area contributed by atoms with Crippen LogP contribution in [0.3, 0.4) is 0 Å². The van der Waals surface area contributed by atoms with Crippen molar-refractivity contribution in [2.75, 3.05) is 13.1 Å². The zero-order chi connectivity index (χ0) is 14.4. The molecule has 1 heterocycles. The maximum absolute atomic E-state index is 10.7. The van der Waals surface area contributed by atoms with Gasteiger partial charge in [0.1, 0.15) is 0 Å². The highest BCUT2D eigenvalue weighted by Gasteiger charge is 2.15. The zero-order valence-corrected chi connectivity index (χ0v) is 12.3. The molecule has 0 bridgehead atoms. The first kappa shape index (κ1) is 15.0. The summed E-state index contributed by atoms with van der Waals surface area (Å²) in [7, 11) is 0. The molecule has 0 fully saturated rings. The van der Waals surface area contributed by atoms with E-state index in [-0.39, 0.29) is 5.92 Å². The molecule has 0 aliphatic carbocycles. The second-order valence-corrected chi connectivity index (χ2v) is 5.88. The topological polar surface area (TPSA) is 40.5 Å². The Morgan fingerprint density at radius 1 is 1.25 bits per heavy atom. The summed E-state index contributed by atoms with van der Waals surface area (Å²) in [5.41, 5.74) is 2.97. The number of fused-ring (bicyclic) bond motifs is 1. The monoisotopic (exact) mass is 275 g/mol. The lowest BCUT2D eigenvalue weighted by Gasteiger charge is -2.28. The summed E-state index contributed by atoms with van der Waals surface area (Å²) in [5.74, 6) is -0.866. The predicted octanol–water partition coefficient (Wildman–Crippen LogP) is 3.33. The van der Waals surface area contributed by atoms with Crippen LogP contribution < -0.4 is 0 Å². The third-order valence-electron chi connectivity index (χ3n) is 4.24. The number of aliphatic carboxylic acids is 1. The Balaban J connectivity index is 1.63. The van der Waals surface area contributed by atoms with Crippen LogP contribution in [-0.4, -0.2) is 29.1 Å². The van der Waals surface area contributed by atoms with Crippen molar-refractivity contribution < 1.29 is 9.90 Å². The normalized spacial score (nSPS) is 16.6. The molecular formula is C17H25NO2. The number of nitrogens with zero attached hydrogens (tertiary/aromatic N) is 1. The highest BCUT2D eigenvalue weighted by Crippen LogP contribution is 2.19. The largest absolute Gasteiger partial charge is 0.481 e. The van der Waals surface area contributed by atoms with Gasteiger partial charge in [0.2, 0.25) is 0 Å². The fourth-order valence-electron chi connectivity index (χ4n) is 2.83. The lowest BCUT2D eigenvalue weighted by molar-refractivity contribution is -0.141. The molecule has 1 aliphatic heterocycles. The maximum Gasteiger partial charge on any atom is 0.306 e. The first-order chi connectivity index (χ1) is 9.66. The number of unbranched alkanes of at least 4 members (excludes halogenated alkanes) is 2. The molecule has 1 aliphatic rings. The Morgan fingerprint density at radius 3 is 2.75 bits per heavy atom. The van der Waals surface area contributed by atoms with Gasteiger partial charge in [-0.3, -0.25) is 9.69 Å². The van der Waals surface area contributed by atoms with Crippen LogP contribution in [0.15, 0.2) is 24.3 Å². The van der Waals surface area contributed by atoms with Crippen molar-refractivity contribution in [3.05, 3.63) is 35.4 Å². The van der Waals surface area contributed by atoms with Gasteiger partial charge in [-0.05, 0) is 36.9 Å². The molecule has 3 nitrogen and oxygen atoms in total. The molecule has 0 amide bonds. The molecule has 1 aromatic rings. The van der Waals surface area contributed by atoms with E-state index in [1.165, 1.54) is 17.5 Å². The molecule has 0 spiro atoms. The quantitative estimate of drug-likeness (QED) is 0.776. The van der Waals surface area contributed by atoms with Crippen LogP contribution in [-0.2, 0) is 17.8 Å². The lowest BCUT2D eigenvalue weighted by atomic mass is 9.99. The Bertz CT molecular complexity index is 444. The standard InChI is InChI=1S/C17H25NO2/c1-14(17(19)20)7-3-2-6-11-18-12-10-15-8-4-5-9-16(15)13-18/h4-5,8-9,14H,2-3,6-7,10-13H2,1H3,(H,19,20). The fraction of sp³-hybridized carbons (Fsp3) is 0.588. The maximum atomic E-state index is 10.7. The van der Waals surface area contributed by atoms with Gasteiger partial charge in [-0.25, -0.2) is 0 Å². The number of carboxylic acids is 1. The summed E-state index contributed by atoms with van der Waals surface area (Å²) in [6.07, 6.45) is 5.30. The molecule has 1 aromatic carbocycles. The Morgan fingerprint density at radius 2 is 2.00 bits per heavy atom. The van der Waals surface area contributed by atoms with E-state index in [4.69, 9.17) is 5.11 Å². The third-order valence-corrected chi connectivity index (χ3v) is 4.24. The zero-order valence-electron chi connectivity index (χ0n) is 12.3. The minimum atomic E-state index is -0.669. The van der Waals surface area contributed by atoms with E-state index in [1.54, 1.807) is 6.92 Å². The van der Waals surface area contributed by atoms with Crippen molar-refractivity contribution in [1.29, 1.82) is 0 Å². The smallest absolute Gasteiger partial charge is 0.306 e. The average Bonchev–Trinajstić information content (AvgIpc) is 2.46. The molecule has 0 aromatic heterocycles. The van der Waals surface area contributed by atoms with Gasteiger partial charge in [0, 0.05) is 13.1 Å². The van der Waals surface area contributed by atoms with Crippen LogP contribution >= 0.6 is 0 Å². The number of carbonyl (C=O) groups is 1. The van der Waals surface area contributed by atoms with Crippen LogP contribution in [0.2, 0.25) is 0 Å². The summed E-state index contributed by atoms with van der Waals surface area (Å²) in [4.78, 5) is 13.2. The fourth-order valence-corrected chi connectivity index (χ4v) is 2.83. The minimum absolute atomic E-state index is 0.197. The average molecular weight is 275 g/mol. The van der Waals surface area contributed by atoms with Crippen molar-refractivity contribution in [3.8, 4) is 0 Å². The van der Waals surface area contributed by atoms with E-state index in [1.807, 2.05) is 0 Å². The molecule has 1 unspecified atom stereocenters. The highest BCUT2D eigenvalue weighted by molar-refractivity contribution is 5.69. The van der Waals surface area contributed by atoms with Gasteiger partial charge in [0.15, 0.2) is 0 Å². The first-order valence-corrected chi connectivity index (χ1v) is 7.69. The van der Waals surface area contributed by atoms with Gasteiger partial charge in [-0.2, -0.15) is 0 Å². The molecule has 0 saturated heterocycles. The molecule has 1 atom stereocenters. The van der Waals surface area contributed by atoms with Gasteiger partial charge in [-0.1, -0.05) is 44.0 Å². The van der Waals surface area contributed by atoms with Gasteiger partial charge in [0.05, 0.1) is 5.92 Å². The number of hydrogen-bond acceptors (Lipinski definition) is 2. The molecule has 2 rings (SSSR count). The summed E-state index contributed by atoms with van der Waals surface area (Å²) < 4.78 is 0. The van der Waals surface area contributed by atoms with E-state index in [0.29, 0.717) is 0 Å². The van der Waals surface area contributed by atoms with Crippen LogP contribution in [0.25, 0.3) is 0 Å². The van der Waals surface area contributed by atoms with E-state index < -0.39 is 5.97 Å². The summed E-state index contributed by atoms with van der Waals surface area (Å²) in [6, 6.07) is 8.71. The second kappa shape index (κ2) is 7.44. The van der Waals surface area contributed by atoms with Crippen molar-refractivity contribution in [1.82, 2.24) is 4.90 Å². The Kier molecular flexibility index (Phi) is 5.60. The van der Waals surface area contributed by atoms with Crippen molar-refractivity contribution >= 4 is 5.97 Å². The van der Waals surface area contributed by atoms with E-state index >= 15 is 0 Å². The van der Waals surface area contributed by atoms with E-state index in [9.17, 15) is 4.79 Å². The first-order valence-electron chi connectivity index (χ1n) is 7.69.